The minimum Gasteiger partial charge on any atom is -0.478 e. The Morgan fingerprint density at radius 1 is 0.598 bits per heavy atom. The van der Waals surface area contributed by atoms with E-state index < -0.39 is 66.7 Å². The van der Waals surface area contributed by atoms with E-state index in [9.17, 15) is 24.9 Å². The number of hydrogen-bond donors (Lipinski definition) is 3. The molecule has 2 saturated heterocycles. The molecule has 0 spiro atoms. The first-order chi connectivity index (χ1) is 47.7. The Balaban J connectivity index is 0.000000438. The van der Waals surface area contributed by atoms with E-state index >= 15 is 0 Å². The molecule has 4 aromatic rings. The van der Waals surface area contributed by atoms with E-state index in [0.717, 1.165) is 79.1 Å². The number of carbonyl (C=O) groups excluding carboxylic acids is 1. The summed E-state index contributed by atoms with van der Waals surface area (Å²) in [6.45, 7) is 45.3. The van der Waals surface area contributed by atoms with Crippen molar-refractivity contribution in [1.82, 2.24) is 0 Å². The molecule has 4 unspecified atom stereocenters. The molecule has 102 heavy (non-hydrogen) atoms. The number of aromatic carboxylic acids is 1. The molecule has 2 fully saturated rings. The standard InChI is InChI=1S/C55H87O7PSi3.C28H43O7P/c1-41(43(3)61-66(54(7,8)9,46-29-20-18-21-30-46)47-31-22-19-23-32-47)34-35-49(62-65(16,17)53(4,5)6)51-48(59-55(10,11)60-51)33-26-28-45-40-44(27-24-25-37-63-57-12)39-42(2)50(45)52(56)58-36-38-64(13,14)15;1-18(20(3)29)13-14-23(30)26-24(34-28(4,5)35-26)12-9-11-22-17-21(10-7-8-15-36-33-6)16-19(2)25(22)27(31)32/h18-23,26,28-32,34-35,39-41,43,48-49,51,63H,24-25,27,33,36-38H2,1-17H3;9,11,13-14,16-18,20,23-24,26,29-30,36H,7-8,10,12,15H2,1-6H3,(H,31,32)/b28-26+,35-34-;11-9+,14-13-/t41-,43+,48+,49?,51+;18-,20+,23?,24+,26-/m11/s1. The average Bonchev–Trinajstić information content (AvgIpc) is 0.997. The summed E-state index contributed by atoms with van der Waals surface area (Å²) in [6.07, 6.45) is 21.6. The van der Waals surface area contributed by atoms with E-state index in [2.05, 4.69) is 185 Å². The minimum absolute atomic E-state index is 0.0259. The van der Waals surface area contributed by atoms with Gasteiger partial charge in [0.15, 0.2) is 19.9 Å². The Morgan fingerprint density at radius 3 is 1.51 bits per heavy atom. The summed E-state index contributed by atoms with van der Waals surface area (Å²) in [5, 5.41) is 32.6. The number of carboxylic acid groups (broad SMARTS) is 1. The number of rotatable bonds is 37. The zero-order valence-electron chi connectivity index (χ0n) is 66.3. The van der Waals surface area contributed by atoms with Gasteiger partial charge in [-0.1, -0.05) is 209 Å². The van der Waals surface area contributed by atoms with Crippen molar-refractivity contribution >= 4 is 76.8 Å². The van der Waals surface area contributed by atoms with Crippen LogP contribution in [0.1, 0.15) is 190 Å². The molecular weight excluding hydrogens is 1370 g/mol. The van der Waals surface area contributed by atoms with Crippen molar-refractivity contribution in [1.29, 1.82) is 0 Å². The van der Waals surface area contributed by atoms with Crippen LogP contribution in [0.3, 0.4) is 0 Å². The molecular formula is C83H130O14P2Si3. The van der Waals surface area contributed by atoms with Gasteiger partial charge in [-0.25, -0.2) is 9.59 Å². The van der Waals surface area contributed by atoms with Crippen LogP contribution in [0.25, 0.3) is 12.2 Å². The molecule has 0 radical (unpaired) electrons. The molecule has 14 nitrogen and oxygen atoms in total. The molecule has 6 rings (SSSR count). The molecule has 12 atom stereocenters. The first-order valence-electron chi connectivity index (χ1n) is 37.1. The van der Waals surface area contributed by atoms with Crippen LogP contribution in [0.5, 0.6) is 0 Å². The van der Waals surface area contributed by atoms with Crippen LogP contribution in [0.15, 0.2) is 121 Å². The molecule has 19 heteroatoms. The van der Waals surface area contributed by atoms with Gasteiger partial charge in [-0.05, 0) is 204 Å². The average molecular weight is 1500 g/mol. The lowest BCUT2D eigenvalue weighted by Gasteiger charge is -2.45. The molecule has 4 aromatic carbocycles. The van der Waals surface area contributed by atoms with Gasteiger partial charge in [-0.3, -0.25) is 0 Å². The topological polar surface area (TPSA) is 178 Å². The summed E-state index contributed by atoms with van der Waals surface area (Å²) in [5.41, 5.74) is 6.51. The maximum atomic E-state index is 13.8. The fourth-order valence-electron chi connectivity index (χ4n) is 12.8. The second kappa shape index (κ2) is 40.2. The highest BCUT2D eigenvalue weighted by Gasteiger charge is 2.52. The number of esters is 1. The van der Waals surface area contributed by atoms with Gasteiger partial charge in [0, 0.05) is 46.0 Å². The van der Waals surface area contributed by atoms with Crippen LogP contribution in [-0.2, 0) is 54.4 Å². The summed E-state index contributed by atoms with van der Waals surface area (Å²) < 4.78 is 56.9. The number of carboxylic acids is 1. The molecule has 0 saturated carbocycles. The van der Waals surface area contributed by atoms with Crippen LogP contribution in [-0.4, -0.2) is 146 Å². The first kappa shape index (κ1) is 88.5. The first-order valence-corrected chi connectivity index (χ1v) is 47.8. The van der Waals surface area contributed by atoms with Crippen molar-refractivity contribution < 1.29 is 66.5 Å². The van der Waals surface area contributed by atoms with Crippen LogP contribution in [0, 0.1) is 25.7 Å². The minimum atomic E-state index is -2.78. The van der Waals surface area contributed by atoms with E-state index in [4.69, 9.17) is 41.6 Å². The molecule has 2 aliphatic rings. The van der Waals surface area contributed by atoms with Crippen molar-refractivity contribution in [3.8, 4) is 0 Å². The second-order valence-electron chi connectivity index (χ2n) is 32.7. The number of benzene rings is 4. The number of ether oxygens (including phenoxy) is 5. The lowest BCUT2D eigenvalue weighted by Crippen LogP contribution is -2.67. The van der Waals surface area contributed by atoms with Crippen molar-refractivity contribution in [2.24, 2.45) is 11.8 Å². The predicted molar refractivity (Wildman–Crippen MR) is 433 cm³/mol. The fourth-order valence-corrected chi connectivity index (χ4v) is 20.8. The third-order valence-electron chi connectivity index (χ3n) is 19.8. The summed E-state index contributed by atoms with van der Waals surface area (Å²) in [5.74, 6) is -2.91. The van der Waals surface area contributed by atoms with Gasteiger partial charge in [0.05, 0.1) is 42.1 Å². The van der Waals surface area contributed by atoms with Crippen LogP contribution in [0.2, 0.25) is 48.9 Å². The van der Waals surface area contributed by atoms with E-state index in [-0.39, 0.29) is 52.3 Å². The molecule has 0 amide bonds. The van der Waals surface area contributed by atoms with Gasteiger partial charge in [-0.15, -0.1) is 0 Å². The van der Waals surface area contributed by atoms with Gasteiger partial charge in [-0.2, -0.15) is 0 Å². The van der Waals surface area contributed by atoms with E-state index in [1.54, 1.807) is 47.1 Å². The maximum absolute atomic E-state index is 13.8. The smallest absolute Gasteiger partial charge is 0.338 e. The quantitative estimate of drug-likeness (QED) is 0.0128. The Labute approximate surface area is 621 Å². The molecule has 2 aliphatic heterocycles. The zero-order valence-corrected chi connectivity index (χ0v) is 71.3. The largest absolute Gasteiger partial charge is 0.478 e. The Bertz CT molecular complexity index is 3310. The SMILES string of the molecule is COPCCCCc1cc(C)c(C(=O)O)c(/C=C/C[C@@H]2OC(C)(C)O[C@@H]2C(O)/C=C\[C@@H](C)[C@H](C)O)c1.COPCCCCc1cc(C)c(C(=O)OCC[Si](C)(C)C)c(/C=C/C[C@@H]2OC(C)(C)O[C@@H]2C(/C=C\[C@@H](C)[C@H](C)O[Si](c2ccccc2)(c2ccccc2)C(C)(C)C)O[Si](C)(C)C(C)(C)C)c1. The van der Waals surface area contributed by atoms with Crippen molar-refractivity contribution in [3.63, 3.8) is 0 Å². The summed E-state index contributed by atoms with van der Waals surface area (Å²) in [4.78, 5) is 25.8. The second-order valence-corrected chi connectivity index (χ2v) is 49.7. The van der Waals surface area contributed by atoms with Gasteiger partial charge >= 0.3 is 11.9 Å². The number of aliphatic hydroxyl groups excluding tert-OH is 2. The third kappa shape index (κ3) is 27.0. The van der Waals surface area contributed by atoms with Crippen LogP contribution < -0.4 is 10.4 Å². The molecule has 2 heterocycles. The van der Waals surface area contributed by atoms with E-state index in [1.165, 1.54) is 15.9 Å². The number of unbranched alkanes of at least 4 members (excludes halogenated alkanes) is 2. The molecule has 0 aromatic heterocycles. The highest BCUT2D eigenvalue weighted by atomic mass is 31.1. The molecule has 568 valence electrons. The van der Waals surface area contributed by atoms with Crippen LogP contribution >= 0.6 is 17.6 Å². The summed E-state index contributed by atoms with van der Waals surface area (Å²) >= 11 is 0. The van der Waals surface area contributed by atoms with Gasteiger partial charge in [0.2, 0.25) is 0 Å². The monoisotopic (exact) mass is 1500 g/mol. The number of aryl methyl sites for hydroxylation is 4. The Hall–Kier alpha value is -4.11. The third-order valence-corrected chi connectivity index (χ3v) is 32.8. The van der Waals surface area contributed by atoms with Gasteiger partial charge < -0.3 is 56.9 Å². The van der Waals surface area contributed by atoms with Gasteiger partial charge in [0.25, 0.3) is 8.32 Å². The Morgan fingerprint density at radius 2 is 1.06 bits per heavy atom. The lowest BCUT2D eigenvalue weighted by atomic mass is 9.95. The van der Waals surface area contributed by atoms with E-state index in [1.807, 2.05) is 58.9 Å². The highest BCUT2D eigenvalue weighted by Crippen LogP contribution is 2.43. The van der Waals surface area contributed by atoms with Crippen molar-refractivity contribution in [2.75, 3.05) is 33.2 Å². The number of carbonyl (C=O) groups is 2. The fraction of sp³-hybridized carbons (Fsp3) is 0.590. The highest BCUT2D eigenvalue weighted by molar-refractivity contribution is 7.32. The molecule has 0 bridgehead atoms. The van der Waals surface area contributed by atoms with E-state index in [0.29, 0.717) is 53.8 Å². The molecule has 3 N–H and O–H groups in total. The molecule has 0 aliphatic carbocycles. The maximum Gasteiger partial charge on any atom is 0.338 e. The van der Waals surface area contributed by atoms with Crippen molar-refractivity contribution in [3.05, 3.63) is 166 Å². The summed E-state index contributed by atoms with van der Waals surface area (Å²) in [6, 6.07) is 30.9. The number of aliphatic hydroxyl groups is 2. The van der Waals surface area contributed by atoms with Gasteiger partial charge in [0.1, 0.15) is 18.3 Å². The predicted octanol–water partition coefficient (Wildman–Crippen LogP) is 18.6. The zero-order chi connectivity index (χ0) is 76.0. The normalized spacial score (nSPS) is 20.3. The van der Waals surface area contributed by atoms with Crippen LogP contribution in [0.4, 0.5) is 0 Å². The Kier molecular flexibility index (Phi) is 34.9. The number of hydrogen-bond acceptors (Lipinski definition) is 13. The lowest BCUT2D eigenvalue weighted by molar-refractivity contribution is -0.152. The summed E-state index contributed by atoms with van der Waals surface area (Å²) in [7, 11) is -1.94. The van der Waals surface area contributed by atoms with Crippen molar-refractivity contribution in [2.45, 2.75) is 271 Å².